The molecule has 2 N–H and O–H groups in total. The van der Waals surface area contributed by atoms with E-state index in [9.17, 15) is 13.2 Å². The van der Waals surface area contributed by atoms with Gasteiger partial charge >= 0.3 is 0 Å². The van der Waals surface area contributed by atoms with E-state index in [1.165, 1.54) is 0 Å². The van der Waals surface area contributed by atoms with Crippen molar-refractivity contribution in [3.8, 4) is 0 Å². The van der Waals surface area contributed by atoms with Crippen LogP contribution in [0.3, 0.4) is 0 Å². The number of benzene rings is 1. The summed E-state index contributed by atoms with van der Waals surface area (Å²) in [5.41, 5.74) is 1.75. The van der Waals surface area contributed by atoms with E-state index in [1.54, 1.807) is 29.6 Å². The second-order valence-corrected chi connectivity index (χ2v) is 9.35. The van der Waals surface area contributed by atoms with Crippen LogP contribution in [0.4, 0.5) is 0 Å². The van der Waals surface area contributed by atoms with Gasteiger partial charge in [0, 0.05) is 18.7 Å². The van der Waals surface area contributed by atoms with Crippen LogP contribution >= 0.6 is 11.3 Å². The predicted molar refractivity (Wildman–Crippen MR) is 97.0 cm³/mol. The maximum absolute atomic E-state index is 12.1. The van der Waals surface area contributed by atoms with Gasteiger partial charge in [-0.2, -0.15) is 0 Å². The summed E-state index contributed by atoms with van der Waals surface area (Å²) < 4.78 is 26.6. The molecule has 0 aliphatic carbocycles. The van der Waals surface area contributed by atoms with Gasteiger partial charge in [0.05, 0.1) is 0 Å². The highest BCUT2D eigenvalue weighted by Crippen LogP contribution is 2.22. The predicted octanol–water partition coefficient (Wildman–Crippen LogP) is 2.75. The largest absolute Gasteiger partial charge is 0.351 e. The molecular weight excluding hydrogens is 344 g/mol. The number of amides is 1. The molecule has 1 amide bonds. The van der Waals surface area contributed by atoms with Gasteiger partial charge in [0.15, 0.2) is 0 Å². The van der Waals surface area contributed by atoms with Gasteiger partial charge in [-0.1, -0.05) is 39.0 Å². The zero-order chi connectivity index (χ0) is 17.8. The number of thiophene rings is 1. The molecule has 24 heavy (non-hydrogen) atoms. The Kier molecular flexibility index (Phi) is 5.79. The lowest BCUT2D eigenvalue weighted by atomic mass is 9.87. The summed E-state index contributed by atoms with van der Waals surface area (Å²) in [5.74, 6) is -0.217. The summed E-state index contributed by atoms with van der Waals surface area (Å²) in [6, 6.07) is 10.7. The zero-order valence-electron chi connectivity index (χ0n) is 14.0. The number of nitrogens with one attached hydrogen (secondary N) is 2. The third-order valence-corrected chi connectivity index (χ3v) is 6.33. The number of carbonyl (C=O) groups excluding carboxylic acids is 1. The molecule has 0 saturated carbocycles. The van der Waals surface area contributed by atoms with Crippen LogP contribution in [0.1, 0.15) is 36.7 Å². The molecule has 0 aliphatic rings. The molecule has 130 valence electrons. The number of hydrogen-bond acceptors (Lipinski definition) is 4. The molecule has 7 heteroatoms. The maximum Gasteiger partial charge on any atom is 0.251 e. The first-order valence-corrected chi connectivity index (χ1v) is 9.98. The minimum absolute atomic E-state index is 0.0368. The van der Waals surface area contributed by atoms with Crippen molar-refractivity contribution in [3.05, 3.63) is 52.9 Å². The minimum atomic E-state index is -3.48. The van der Waals surface area contributed by atoms with Gasteiger partial charge in [0.25, 0.3) is 5.91 Å². The van der Waals surface area contributed by atoms with Crippen LogP contribution in [0.15, 0.2) is 46.0 Å². The molecule has 0 spiro atoms. The SMILES string of the molecule is CC(C)(C)c1ccc(C(=O)NCCNS(=O)(=O)c2cccs2)cc1. The van der Waals surface area contributed by atoms with Crippen LogP contribution < -0.4 is 10.0 Å². The summed E-state index contributed by atoms with van der Waals surface area (Å²) in [4.78, 5) is 12.1. The van der Waals surface area contributed by atoms with E-state index < -0.39 is 10.0 Å². The van der Waals surface area contributed by atoms with Crippen molar-refractivity contribution in [3.63, 3.8) is 0 Å². The second kappa shape index (κ2) is 7.46. The highest BCUT2D eigenvalue weighted by atomic mass is 32.2. The highest BCUT2D eigenvalue weighted by Gasteiger charge is 2.15. The van der Waals surface area contributed by atoms with Crippen molar-refractivity contribution in [2.75, 3.05) is 13.1 Å². The van der Waals surface area contributed by atoms with Gasteiger partial charge in [0.2, 0.25) is 10.0 Å². The number of hydrogen-bond donors (Lipinski definition) is 2. The van der Waals surface area contributed by atoms with Crippen LogP contribution in [-0.4, -0.2) is 27.4 Å². The molecule has 2 aromatic rings. The quantitative estimate of drug-likeness (QED) is 0.772. The van der Waals surface area contributed by atoms with E-state index in [1.807, 2.05) is 12.1 Å². The molecule has 0 radical (unpaired) electrons. The Bertz CT molecular complexity index is 774. The van der Waals surface area contributed by atoms with E-state index in [2.05, 4.69) is 30.8 Å². The minimum Gasteiger partial charge on any atom is -0.351 e. The first-order valence-electron chi connectivity index (χ1n) is 7.62. The maximum atomic E-state index is 12.1. The molecule has 0 unspecified atom stereocenters. The normalized spacial score (nSPS) is 12.1. The number of sulfonamides is 1. The average molecular weight is 367 g/mol. The third-order valence-electron chi connectivity index (χ3n) is 3.48. The summed E-state index contributed by atoms with van der Waals surface area (Å²) in [6.07, 6.45) is 0. The highest BCUT2D eigenvalue weighted by molar-refractivity contribution is 7.91. The smallest absolute Gasteiger partial charge is 0.251 e. The van der Waals surface area contributed by atoms with Crippen molar-refractivity contribution in [1.82, 2.24) is 10.0 Å². The summed E-state index contributed by atoms with van der Waals surface area (Å²) >= 11 is 1.16. The average Bonchev–Trinajstić information content (AvgIpc) is 3.06. The lowest BCUT2D eigenvalue weighted by Crippen LogP contribution is -2.34. The van der Waals surface area contributed by atoms with E-state index in [4.69, 9.17) is 0 Å². The molecule has 0 saturated heterocycles. The molecule has 1 aromatic heterocycles. The van der Waals surface area contributed by atoms with Gasteiger partial charge in [-0.3, -0.25) is 4.79 Å². The van der Waals surface area contributed by atoms with Gasteiger partial charge in [-0.15, -0.1) is 11.3 Å². The van der Waals surface area contributed by atoms with Crippen LogP contribution in [-0.2, 0) is 15.4 Å². The molecule has 0 fully saturated rings. The van der Waals surface area contributed by atoms with Gasteiger partial charge in [0.1, 0.15) is 4.21 Å². The fraction of sp³-hybridized carbons (Fsp3) is 0.353. The van der Waals surface area contributed by atoms with Crippen molar-refractivity contribution < 1.29 is 13.2 Å². The van der Waals surface area contributed by atoms with Crippen LogP contribution in [0.5, 0.6) is 0 Å². The van der Waals surface area contributed by atoms with E-state index in [-0.39, 0.29) is 28.6 Å². The first kappa shape index (κ1) is 18.6. The molecule has 2 rings (SSSR count). The van der Waals surface area contributed by atoms with Crippen molar-refractivity contribution >= 4 is 27.3 Å². The Balaban J connectivity index is 1.83. The molecule has 0 atom stereocenters. The molecule has 5 nitrogen and oxygen atoms in total. The Morgan fingerprint density at radius 1 is 1.08 bits per heavy atom. The van der Waals surface area contributed by atoms with E-state index >= 15 is 0 Å². The fourth-order valence-corrected chi connectivity index (χ4v) is 4.14. The summed E-state index contributed by atoms with van der Waals surface area (Å²) in [5, 5.41) is 4.42. The zero-order valence-corrected chi connectivity index (χ0v) is 15.6. The monoisotopic (exact) mass is 366 g/mol. The first-order chi connectivity index (χ1) is 11.2. The summed E-state index contributed by atoms with van der Waals surface area (Å²) in [6.45, 7) is 6.71. The van der Waals surface area contributed by atoms with Gasteiger partial charge in [-0.05, 0) is 34.6 Å². The Labute approximate surface area is 147 Å². The molecule has 1 aromatic carbocycles. The lowest BCUT2D eigenvalue weighted by molar-refractivity contribution is 0.0954. The van der Waals surface area contributed by atoms with Crippen LogP contribution in [0.25, 0.3) is 0 Å². The van der Waals surface area contributed by atoms with E-state index in [0.29, 0.717) is 5.56 Å². The Hall–Kier alpha value is -1.70. The van der Waals surface area contributed by atoms with Gasteiger partial charge in [-0.25, -0.2) is 13.1 Å². The molecular formula is C17H22N2O3S2. The second-order valence-electron chi connectivity index (χ2n) is 6.41. The standard InChI is InChI=1S/C17H22N2O3S2/c1-17(2,3)14-8-6-13(7-9-14)16(20)18-10-11-19-24(21,22)15-5-4-12-23-15/h4-9,12,19H,10-11H2,1-3H3,(H,18,20). The topological polar surface area (TPSA) is 75.3 Å². The third kappa shape index (κ3) is 4.90. The van der Waals surface area contributed by atoms with Crippen molar-refractivity contribution in [1.29, 1.82) is 0 Å². The number of rotatable bonds is 6. The molecule has 1 heterocycles. The summed E-state index contributed by atoms with van der Waals surface area (Å²) in [7, 11) is -3.48. The molecule has 0 aliphatic heterocycles. The molecule has 0 bridgehead atoms. The van der Waals surface area contributed by atoms with Crippen molar-refractivity contribution in [2.45, 2.75) is 30.4 Å². The Morgan fingerprint density at radius 3 is 2.29 bits per heavy atom. The fourth-order valence-electron chi connectivity index (χ4n) is 2.07. The van der Waals surface area contributed by atoms with Crippen LogP contribution in [0.2, 0.25) is 0 Å². The number of carbonyl (C=O) groups is 1. The van der Waals surface area contributed by atoms with Gasteiger partial charge < -0.3 is 5.32 Å². The Morgan fingerprint density at radius 2 is 1.75 bits per heavy atom. The van der Waals surface area contributed by atoms with E-state index in [0.717, 1.165) is 16.9 Å². The van der Waals surface area contributed by atoms with Crippen molar-refractivity contribution in [2.24, 2.45) is 0 Å². The lowest BCUT2D eigenvalue weighted by Gasteiger charge is -2.19. The van der Waals surface area contributed by atoms with Crippen LogP contribution in [0, 0.1) is 0 Å².